The van der Waals surface area contributed by atoms with Crippen molar-refractivity contribution in [1.29, 1.82) is 0 Å². The SMILES string of the molecule is COC(=O)[C@]1(O)Cc2cc(Cl)ccc2C1O. The molecule has 0 saturated heterocycles. The summed E-state index contributed by atoms with van der Waals surface area (Å²) >= 11 is 5.80. The molecule has 5 heteroatoms. The summed E-state index contributed by atoms with van der Waals surface area (Å²) in [5, 5.41) is 20.5. The average Bonchev–Trinajstić information content (AvgIpc) is 2.51. The van der Waals surface area contributed by atoms with Crippen molar-refractivity contribution in [1.82, 2.24) is 0 Å². The van der Waals surface area contributed by atoms with Gasteiger partial charge in [-0.05, 0) is 23.3 Å². The molecule has 1 aromatic carbocycles. The van der Waals surface area contributed by atoms with Crippen LogP contribution >= 0.6 is 11.6 Å². The van der Waals surface area contributed by atoms with Crippen LogP contribution in [0.4, 0.5) is 0 Å². The Labute approximate surface area is 97.4 Å². The predicted molar refractivity (Wildman–Crippen MR) is 57.1 cm³/mol. The van der Waals surface area contributed by atoms with Gasteiger partial charge in [0.2, 0.25) is 0 Å². The number of aliphatic hydroxyl groups is 2. The molecule has 0 heterocycles. The number of methoxy groups -OCH3 is 1. The maximum atomic E-state index is 11.4. The van der Waals surface area contributed by atoms with Crippen molar-refractivity contribution in [3.05, 3.63) is 34.3 Å². The lowest BCUT2D eigenvalue weighted by Gasteiger charge is -2.23. The molecule has 0 bridgehead atoms. The van der Waals surface area contributed by atoms with Gasteiger partial charge in [-0.25, -0.2) is 4.79 Å². The van der Waals surface area contributed by atoms with Crippen LogP contribution in [-0.4, -0.2) is 28.9 Å². The minimum Gasteiger partial charge on any atom is -0.467 e. The van der Waals surface area contributed by atoms with Crippen LogP contribution in [0.3, 0.4) is 0 Å². The van der Waals surface area contributed by atoms with Gasteiger partial charge in [0.1, 0.15) is 6.10 Å². The maximum Gasteiger partial charge on any atom is 0.341 e. The van der Waals surface area contributed by atoms with Crippen molar-refractivity contribution >= 4 is 17.6 Å². The Balaban J connectivity index is 2.44. The Morgan fingerprint density at radius 2 is 2.31 bits per heavy atom. The largest absolute Gasteiger partial charge is 0.467 e. The van der Waals surface area contributed by atoms with Crippen LogP contribution < -0.4 is 0 Å². The summed E-state index contributed by atoms with van der Waals surface area (Å²) in [7, 11) is 1.17. The molecular weight excluding hydrogens is 232 g/mol. The van der Waals surface area contributed by atoms with Crippen LogP contribution in [0, 0.1) is 0 Å². The highest BCUT2D eigenvalue weighted by Gasteiger charge is 2.51. The lowest BCUT2D eigenvalue weighted by molar-refractivity contribution is -0.173. The lowest BCUT2D eigenvalue weighted by atomic mass is 9.98. The van der Waals surface area contributed by atoms with Crippen molar-refractivity contribution < 1.29 is 19.7 Å². The molecular formula is C11H11ClO4. The van der Waals surface area contributed by atoms with E-state index in [4.69, 9.17) is 11.6 Å². The first-order valence-corrected chi connectivity index (χ1v) is 5.14. The van der Waals surface area contributed by atoms with Crippen LogP contribution in [-0.2, 0) is 16.0 Å². The number of fused-ring (bicyclic) bond motifs is 1. The van der Waals surface area contributed by atoms with Crippen LogP contribution in [0.25, 0.3) is 0 Å². The maximum absolute atomic E-state index is 11.4. The Hall–Kier alpha value is -1.10. The van der Waals surface area contributed by atoms with Crippen LogP contribution in [0.15, 0.2) is 18.2 Å². The van der Waals surface area contributed by atoms with E-state index in [0.717, 1.165) is 0 Å². The zero-order valence-electron chi connectivity index (χ0n) is 8.61. The van der Waals surface area contributed by atoms with Crippen molar-refractivity contribution in [3.63, 3.8) is 0 Å². The molecule has 86 valence electrons. The fourth-order valence-corrected chi connectivity index (χ4v) is 2.19. The third-order valence-electron chi connectivity index (χ3n) is 2.85. The van der Waals surface area contributed by atoms with Crippen molar-refractivity contribution in [2.75, 3.05) is 7.11 Å². The van der Waals surface area contributed by atoms with Crippen LogP contribution in [0.1, 0.15) is 17.2 Å². The third kappa shape index (κ3) is 1.50. The first-order valence-electron chi connectivity index (χ1n) is 4.76. The summed E-state index contributed by atoms with van der Waals surface area (Å²) in [6.07, 6.45) is -1.26. The Kier molecular flexibility index (Phi) is 2.66. The highest BCUT2D eigenvalue weighted by atomic mass is 35.5. The van der Waals surface area contributed by atoms with Crippen LogP contribution in [0.2, 0.25) is 5.02 Å². The van der Waals surface area contributed by atoms with E-state index in [9.17, 15) is 15.0 Å². The Morgan fingerprint density at radius 1 is 1.62 bits per heavy atom. The molecule has 0 radical (unpaired) electrons. The molecule has 2 rings (SSSR count). The van der Waals surface area contributed by atoms with Gasteiger partial charge in [0.25, 0.3) is 0 Å². The van der Waals surface area contributed by atoms with Gasteiger partial charge in [0.05, 0.1) is 7.11 Å². The molecule has 0 saturated carbocycles. The molecule has 16 heavy (non-hydrogen) atoms. The van der Waals surface area contributed by atoms with E-state index in [1.165, 1.54) is 7.11 Å². The summed E-state index contributed by atoms with van der Waals surface area (Å²) in [5.41, 5.74) is -0.730. The second kappa shape index (κ2) is 3.73. The van der Waals surface area contributed by atoms with E-state index >= 15 is 0 Å². The van der Waals surface area contributed by atoms with Gasteiger partial charge in [0.15, 0.2) is 5.60 Å². The van der Waals surface area contributed by atoms with Gasteiger partial charge < -0.3 is 14.9 Å². The lowest BCUT2D eigenvalue weighted by Crippen LogP contribution is -2.43. The molecule has 0 fully saturated rings. The Bertz CT molecular complexity index is 446. The molecule has 1 aliphatic rings. The van der Waals surface area contributed by atoms with Gasteiger partial charge in [0, 0.05) is 11.4 Å². The fourth-order valence-electron chi connectivity index (χ4n) is 2.00. The molecule has 0 aromatic heterocycles. The quantitative estimate of drug-likeness (QED) is 0.716. The zero-order valence-corrected chi connectivity index (χ0v) is 9.36. The van der Waals surface area contributed by atoms with Crippen LogP contribution in [0.5, 0.6) is 0 Å². The molecule has 1 aliphatic carbocycles. The summed E-state index contributed by atoms with van der Waals surface area (Å²) in [6.45, 7) is 0. The molecule has 1 unspecified atom stereocenters. The first-order chi connectivity index (χ1) is 7.49. The number of rotatable bonds is 1. The predicted octanol–water partition coefficient (Wildman–Crippen LogP) is 0.834. The number of esters is 1. The molecule has 0 aliphatic heterocycles. The topological polar surface area (TPSA) is 66.8 Å². The zero-order chi connectivity index (χ0) is 11.9. The second-order valence-corrected chi connectivity index (χ2v) is 4.27. The summed E-state index contributed by atoms with van der Waals surface area (Å²) < 4.78 is 4.49. The number of halogens is 1. The van der Waals surface area contributed by atoms with Crippen molar-refractivity contribution in [3.8, 4) is 0 Å². The molecule has 0 amide bonds. The highest BCUT2D eigenvalue weighted by molar-refractivity contribution is 6.30. The van der Waals surface area contributed by atoms with Crippen molar-refractivity contribution in [2.24, 2.45) is 0 Å². The van der Waals surface area contributed by atoms with Gasteiger partial charge >= 0.3 is 5.97 Å². The summed E-state index contributed by atoms with van der Waals surface area (Å²) in [5.74, 6) is -0.840. The van der Waals surface area contributed by atoms with Crippen molar-refractivity contribution in [2.45, 2.75) is 18.1 Å². The van der Waals surface area contributed by atoms with E-state index < -0.39 is 17.7 Å². The molecule has 4 nitrogen and oxygen atoms in total. The highest BCUT2D eigenvalue weighted by Crippen LogP contribution is 2.40. The molecule has 1 aromatic rings. The minimum atomic E-state index is -1.90. The minimum absolute atomic E-state index is 0.0106. The number of ether oxygens (including phenoxy) is 1. The number of carbonyl (C=O) groups excluding carboxylic acids is 1. The second-order valence-electron chi connectivity index (χ2n) is 3.84. The Morgan fingerprint density at radius 3 is 2.94 bits per heavy atom. The average molecular weight is 243 g/mol. The summed E-state index contributed by atoms with van der Waals surface area (Å²) in [6, 6.07) is 4.83. The summed E-state index contributed by atoms with van der Waals surface area (Å²) in [4.78, 5) is 11.4. The monoisotopic (exact) mass is 242 g/mol. The number of carbonyl (C=O) groups is 1. The van der Waals surface area contributed by atoms with E-state index in [-0.39, 0.29) is 6.42 Å². The molecule has 0 spiro atoms. The van der Waals surface area contributed by atoms with Gasteiger partial charge in [-0.15, -0.1) is 0 Å². The van der Waals surface area contributed by atoms with Gasteiger partial charge in [-0.2, -0.15) is 0 Å². The fraction of sp³-hybridized carbons (Fsp3) is 0.364. The number of benzene rings is 1. The van der Waals surface area contributed by atoms with E-state index in [2.05, 4.69) is 4.74 Å². The van der Waals surface area contributed by atoms with E-state index in [0.29, 0.717) is 16.1 Å². The number of hydrogen-bond donors (Lipinski definition) is 2. The van der Waals surface area contributed by atoms with Gasteiger partial charge in [-0.1, -0.05) is 17.7 Å². The molecule has 2 atom stereocenters. The smallest absolute Gasteiger partial charge is 0.341 e. The van der Waals surface area contributed by atoms with E-state index in [1.807, 2.05) is 0 Å². The normalized spacial score (nSPS) is 27.6. The standard InChI is InChI=1S/C11H11ClO4/c1-16-10(14)11(15)5-6-4-7(12)2-3-8(6)9(11)13/h2-4,9,13,15H,5H2,1H3/t9?,11-/m0/s1. The first kappa shape index (κ1) is 11.4. The number of aliphatic hydroxyl groups excluding tert-OH is 1. The third-order valence-corrected chi connectivity index (χ3v) is 3.09. The molecule has 2 N–H and O–H groups in total. The number of hydrogen-bond acceptors (Lipinski definition) is 4. The van der Waals surface area contributed by atoms with E-state index in [1.54, 1.807) is 18.2 Å². The van der Waals surface area contributed by atoms with Gasteiger partial charge in [-0.3, -0.25) is 0 Å².